The summed E-state index contributed by atoms with van der Waals surface area (Å²) >= 11 is 2.76. The van der Waals surface area contributed by atoms with E-state index in [1.54, 1.807) is 6.20 Å². The quantitative estimate of drug-likeness (QED) is 0.0179. The summed E-state index contributed by atoms with van der Waals surface area (Å²) < 4.78 is 131. The topological polar surface area (TPSA) is 644 Å². The van der Waals surface area contributed by atoms with Crippen LogP contribution in [0.25, 0.3) is 0 Å². The molecule has 0 saturated carbocycles. The van der Waals surface area contributed by atoms with Crippen molar-refractivity contribution in [2.75, 3.05) is 97.0 Å². The van der Waals surface area contributed by atoms with Crippen LogP contribution in [0.1, 0.15) is 79.9 Å². The number of carbonyl (C=O) groups is 7. The zero-order valence-electron chi connectivity index (χ0n) is 79.7. The first-order chi connectivity index (χ1) is 71.7. The fourth-order valence-electron chi connectivity index (χ4n) is 17.7. The number of benzene rings is 6. The Morgan fingerprint density at radius 1 is 0.463 bits per heavy atom. The highest BCUT2D eigenvalue weighted by Crippen LogP contribution is 2.47. The molecule has 8 aliphatic rings. The minimum atomic E-state index is -5.63. The Kier molecular flexibility index (Phi) is 33.9. The number of carbonyl (C=O) groups excluding carboxylic acids is 7. The minimum Gasteiger partial charge on any atom is -0.493 e. The number of nitrogens with zero attached hydrogens (tertiary/aromatic N) is 9. The molecular formula is C97H107N9O40S3. The number of fused-ring (bicyclic) bond motifs is 6. The lowest BCUT2D eigenvalue weighted by atomic mass is 9.99. The van der Waals surface area contributed by atoms with E-state index < -0.39 is 232 Å². The standard InChI is InChI=1S/C97H107N9O40S3/c1-100(18-21-132-22-19-101-40-56(98-99-101)48-134-25-24-133-23-20-102-77(110)14-15-78(102)111)88(121)53-8-13-66(141-95-87(120)84(117)81(114)74(43-109)144-95)71(31-53)146-149(128,129)145-59-29-51(46-135-69-34-62-60(32-67(69)130-2)89(122)103-38-54-16-26-147-75(54)36-64(103)91(124)105(62)96(126)137-44-49-4-9-57(10-5-49)139-93-85(118)82(115)79(112)72(41-107)142-93)28-52(30-59)47-136-70-35-63-61(33-68(70)131-3)90(123)104-39-55-17-27-148-76(55)37-65(104)92(125)106(63)97(127)138-45-50-6-11-58(12-7-50)140-94-86(119)83(116)80(113)73(42-108)143-94/h4-17,26-35,40,64-65,72-74,79-87,91-95,107-109,112-120,124-125H,18-25,36-39,41-48H2,1-3H3/t64-,65-,72+,73+,74+,79-,80-,81-,82-,83-,84-,85+,86+,87+,91?,92?,93+,94+,95+/m0/s1. The third-order valence-electron chi connectivity index (χ3n) is 25.8. The van der Waals surface area contributed by atoms with Gasteiger partial charge >= 0.3 is 22.6 Å². The van der Waals surface area contributed by atoms with Crippen LogP contribution in [0.15, 0.2) is 150 Å². The van der Waals surface area contributed by atoms with Crippen LogP contribution in [0, 0.1) is 0 Å². The number of amides is 7. The Morgan fingerprint density at radius 3 is 1.40 bits per heavy atom. The van der Waals surface area contributed by atoms with Gasteiger partial charge in [-0.2, -0.15) is 0 Å². The SMILES string of the molecule is COc1cc2c(cc1OCc1cc(COc3cc4c(cc3OC)C(=O)N3Cc5ccsc5C[C@H]3C(O)N4C(=O)OCc3ccc(O[C@@H]4O[C@H](CO)[C@H](O)[C@H](O)[C@H]4O)cc3)cc(OS(=O)(=O)Oc3cc(C(=O)N(C)CCOCCn4cc(COCCOCCN5C(=O)C=CC5=O)nn4)ccc3O[C@@H]3O[C@H](CO)[C@H](O)[C@H](O)[C@H]3O)c1)N(C(=O)OCc1ccc(O[C@@H]3O[C@H](CO)[C@H](O)[C@H](O)[C@H]3O)cc1)C(O)[C@@H]1Cc3sccc3CN1C2=O. The summed E-state index contributed by atoms with van der Waals surface area (Å²) in [6.45, 7) is -3.77. The van der Waals surface area contributed by atoms with E-state index in [1.165, 1.54) is 160 Å². The van der Waals surface area contributed by atoms with E-state index in [4.69, 9.17) is 79.4 Å². The third kappa shape index (κ3) is 23.9. The molecule has 0 aliphatic carbocycles. The number of aromatic nitrogens is 3. The summed E-state index contributed by atoms with van der Waals surface area (Å²) in [7, 11) is -1.72. The molecule has 0 spiro atoms. The second kappa shape index (κ2) is 47.1. The van der Waals surface area contributed by atoms with Gasteiger partial charge in [-0.25, -0.2) is 24.1 Å². The Balaban J connectivity index is 0.660. The van der Waals surface area contributed by atoms with E-state index in [2.05, 4.69) is 10.3 Å². The fourth-order valence-corrected chi connectivity index (χ4v) is 20.4. The molecule has 14 N–H and O–H groups in total. The first-order valence-corrected chi connectivity index (χ1v) is 49.9. The van der Waals surface area contributed by atoms with E-state index in [0.29, 0.717) is 16.8 Å². The van der Waals surface area contributed by atoms with Gasteiger partial charge in [0.2, 0.25) is 18.9 Å². The van der Waals surface area contributed by atoms with Gasteiger partial charge in [-0.15, -0.1) is 36.2 Å². The summed E-state index contributed by atoms with van der Waals surface area (Å²) in [6.07, 6.45) is -27.3. The number of anilines is 2. The van der Waals surface area contributed by atoms with Crippen LogP contribution in [0.4, 0.5) is 21.0 Å². The summed E-state index contributed by atoms with van der Waals surface area (Å²) in [5.41, 5.74) is 1.64. The van der Waals surface area contributed by atoms with Crippen molar-refractivity contribution in [2.45, 2.75) is 182 Å². The summed E-state index contributed by atoms with van der Waals surface area (Å²) in [4.78, 5) is 107. The van der Waals surface area contributed by atoms with Crippen LogP contribution in [0.3, 0.4) is 0 Å². The van der Waals surface area contributed by atoms with E-state index in [0.717, 1.165) is 59.8 Å². The van der Waals surface area contributed by atoms with Crippen molar-refractivity contribution < 1.29 is 193 Å². The molecule has 7 amide bonds. The smallest absolute Gasteiger partial charge is 0.493 e. The minimum absolute atomic E-state index is 0.00168. The van der Waals surface area contributed by atoms with Crippen LogP contribution in [-0.2, 0) is 123 Å². The first-order valence-electron chi connectivity index (χ1n) is 46.8. The number of thiophene rings is 2. The monoisotopic (exact) mass is 2130 g/mol. The number of hydrogen-bond acceptors (Lipinski definition) is 44. The number of likely N-dealkylation sites (N-methyl/N-ethyl adjacent to an activating group) is 1. The lowest BCUT2D eigenvalue weighted by molar-refractivity contribution is -0.277. The summed E-state index contributed by atoms with van der Waals surface area (Å²) in [6, 6.07) is 25.1. The van der Waals surface area contributed by atoms with Gasteiger partial charge in [-0.1, -0.05) is 29.5 Å². The van der Waals surface area contributed by atoms with Crippen molar-refractivity contribution in [3.8, 4) is 51.7 Å². The van der Waals surface area contributed by atoms with Crippen LogP contribution < -0.4 is 51.3 Å². The number of aliphatic hydroxyl groups excluding tert-OH is 14. The molecule has 3 saturated heterocycles. The number of aliphatic hydroxyl groups is 14. The molecule has 0 bridgehead atoms. The molecule has 2 unspecified atom stereocenters. The molecule has 6 aromatic carbocycles. The Hall–Kier alpha value is -13.0. The summed E-state index contributed by atoms with van der Waals surface area (Å²) in [5.74, 6) is -5.45. The molecule has 11 heterocycles. The van der Waals surface area contributed by atoms with E-state index in [-0.39, 0.29) is 159 Å². The lowest BCUT2D eigenvalue weighted by Crippen LogP contribution is -2.60. The normalized spacial score (nSPS) is 25.0. The van der Waals surface area contributed by atoms with Crippen molar-refractivity contribution in [1.82, 2.24) is 34.6 Å². The third-order valence-corrected chi connectivity index (χ3v) is 28.6. The maximum absolute atomic E-state index is 15.2. The average molecular weight is 2140 g/mol. The second-order valence-electron chi connectivity index (χ2n) is 35.5. The number of rotatable bonds is 40. The first kappa shape index (κ1) is 107. The highest BCUT2D eigenvalue weighted by molar-refractivity contribution is 7.82. The fraction of sp³-hybridized carbons (Fsp3) is 0.433. The average Bonchev–Trinajstić information content (AvgIpc) is 1.60. The molecule has 9 aromatic rings. The van der Waals surface area contributed by atoms with Gasteiger partial charge in [0.25, 0.3) is 29.5 Å². The van der Waals surface area contributed by atoms with Crippen LogP contribution in [0.5, 0.6) is 51.7 Å². The van der Waals surface area contributed by atoms with Crippen molar-refractivity contribution in [2.24, 2.45) is 0 Å². The number of ether oxygens (including phenoxy) is 15. The number of imide groups is 1. The molecule has 0 radical (unpaired) electrons. The highest BCUT2D eigenvalue weighted by Gasteiger charge is 2.52. The lowest BCUT2D eigenvalue weighted by Gasteiger charge is -2.39. The van der Waals surface area contributed by atoms with Gasteiger partial charge < -0.3 is 166 Å². The van der Waals surface area contributed by atoms with Gasteiger partial charge in [-0.05, 0) is 129 Å². The van der Waals surface area contributed by atoms with Gasteiger partial charge in [-0.3, -0.25) is 28.9 Å². The molecule has 149 heavy (non-hydrogen) atoms. The molecular weight excluding hydrogens is 2030 g/mol. The molecule has 19 atom stereocenters. The zero-order chi connectivity index (χ0) is 106. The molecule has 8 aliphatic heterocycles. The van der Waals surface area contributed by atoms with Crippen molar-refractivity contribution in [1.29, 1.82) is 0 Å². The van der Waals surface area contributed by atoms with Gasteiger partial charge in [0.15, 0.2) is 47.0 Å². The van der Waals surface area contributed by atoms with Gasteiger partial charge in [0.05, 0.1) is 128 Å². The highest BCUT2D eigenvalue weighted by atomic mass is 32.3. The van der Waals surface area contributed by atoms with E-state index >= 15 is 27.6 Å². The molecule has 52 heteroatoms. The van der Waals surface area contributed by atoms with Gasteiger partial charge in [0.1, 0.15) is 123 Å². The number of hydrogen-bond donors (Lipinski definition) is 14. The Bertz CT molecular complexity index is 6180. The van der Waals surface area contributed by atoms with Crippen molar-refractivity contribution >= 4 is 86.2 Å². The molecule has 49 nitrogen and oxygen atoms in total. The van der Waals surface area contributed by atoms with Crippen molar-refractivity contribution in [3.05, 3.63) is 216 Å². The number of methoxy groups -OCH3 is 2. The van der Waals surface area contributed by atoms with Crippen LogP contribution >= 0.6 is 22.7 Å². The predicted molar refractivity (Wildman–Crippen MR) is 509 cm³/mol. The van der Waals surface area contributed by atoms with Gasteiger partial charge in [0, 0.05) is 79.1 Å². The maximum atomic E-state index is 15.2. The maximum Gasteiger partial charge on any atom is 0.501 e. The van der Waals surface area contributed by atoms with Crippen LogP contribution in [-0.4, -0.2) is 360 Å². The molecule has 798 valence electrons. The van der Waals surface area contributed by atoms with Crippen LogP contribution in [0.2, 0.25) is 0 Å². The Labute approximate surface area is 856 Å². The predicted octanol–water partition coefficient (Wildman–Crippen LogP) is 0.147. The largest absolute Gasteiger partial charge is 0.501 e. The van der Waals surface area contributed by atoms with E-state index in [1.807, 2.05) is 22.9 Å². The molecule has 17 rings (SSSR count). The summed E-state index contributed by atoms with van der Waals surface area (Å²) in [5, 5.41) is 163. The molecule has 3 fully saturated rings. The van der Waals surface area contributed by atoms with Crippen molar-refractivity contribution in [3.63, 3.8) is 0 Å². The second-order valence-corrected chi connectivity index (χ2v) is 38.7. The molecule has 3 aromatic heterocycles. The van der Waals surface area contributed by atoms with E-state index in [9.17, 15) is 85.9 Å². The Morgan fingerprint density at radius 2 is 0.926 bits per heavy atom. The zero-order valence-corrected chi connectivity index (χ0v) is 82.1.